The van der Waals surface area contributed by atoms with Crippen molar-refractivity contribution in [3.63, 3.8) is 0 Å². The quantitative estimate of drug-likeness (QED) is 0.152. The van der Waals surface area contributed by atoms with Crippen molar-refractivity contribution in [3.05, 3.63) is 235 Å². The van der Waals surface area contributed by atoms with Crippen molar-refractivity contribution in [1.29, 1.82) is 0 Å². The molecule has 3 nitrogen and oxygen atoms in total. The number of para-hydroxylation sites is 2. The first-order valence-corrected chi connectivity index (χ1v) is 20.1. The minimum atomic E-state index is -0.599. The van der Waals surface area contributed by atoms with Gasteiger partial charge in [0, 0.05) is 48.1 Å². The van der Waals surface area contributed by atoms with Crippen LogP contribution in [0.3, 0.4) is 0 Å². The van der Waals surface area contributed by atoms with Crippen molar-refractivity contribution in [2.24, 2.45) is 0 Å². The van der Waals surface area contributed by atoms with E-state index in [1.165, 1.54) is 47.6 Å². The van der Waals surface area contributed by atoms with E-state index in [0.717, 1.165) is 39.2 Å². The minimum Gasteiger partial charge on any atom is -0.294 e. The molecule has 0 bridgehead atoms. The number of thiophene rings is 1. The van der Waals surface area contributed by atoms with Crippen LogP contribution < -0.4 is 0 Å². The van der Waals surface area contributed by atoms with Gasteiger partial charge in [-0.2, -0.15) is 0 Å². The fourth-order valence-corrected chi connectivity index (χ4v) is 9.92. The molecule has 0 radical (unpaired) electrons. The Morgan fingerprint density at radius 1 is 0.368 bits per heavy atom. The van der Waals surface area contributed by atoms with Crippen LogP contribution in [0, 0.1) is 0 Å². The summed E-state index contributed by atoms with van der Waals surface area (Å²) >= 11 is 1.83. The molecule has 0 aliphatic rings. The molecule has 0 aliphatic carbocycles. The largest absolute Gasteiger partial charge is 0.294 e. The molecule has 0 saturated carbocycles. The molecule has 11 rings (SSSR count). The first kappa shape index (κ1) is 33.2. The molecule has 0 atom stereocenters. The Hall–Kier alpha value is -7.14. The summed E-state index contributed by atoms with van der Waals surface area (Å²) in [4.78, 5) is 10.9. The van der Waals surface area contributed by atoms with Gasteiger partial charge in [-0.25, -0.2) is 9.97 Å². The summed E-state index contributed by atoms with van der Waals surface area (Å²) in [5, 5.41) is 4.90. The lowest BCUT2D eigenvalue weighted by Crippen LogP contribution is -2.31. The highest BCUT2D eigenvalue weighted by Crippen LogP contribution is 2.46. The topological polar surface area (TPSA) is 30.7 Å². The maximum absolute atomic E-state index is 5.47. The Morgan fingerprint density at radius 2 is 0.895 bits per heavy atom. The van der Waals surface area contributed by atoms with Crippen molar-refractivity contribution in [2.45, 2.75) is 5.41 Å². The van der Waals surface area contributed by atoms with Gasteiger partial charge >= 0.3 is 0 Å². The number of hydrogen-bond acceptors (Lipinski definition) is 3. The van der Waals surface area contributed by atoms with E-state index in [-0.39, 0.29) is 0 Å². The number of benzene rings is 8. The van der Waals surface area contributed by atoms with E-state index >= 15 is 0 Å². The van der Waals surface area contributed by atoms with Gasteiger partial charge in [0.1, 0.15) is 5.82 Å². The predicted molar refractivity (Wildman–Crippen MR) is 238 cm³/mol. The zero-order chi connectivity index (χ0) is 37.8. The van der Waals surface area contributed by atoms with Crippen LogP contribution in [-0.4, -0.2) is 14.5 Å². The molecule has 0 saturated heterocycles. The lowest BCUT2D eigenvalue weighted by molar-refractivity contribution is 0.745. The second-order valence-electron chi connectivity index (χ2n) is 14.5. The molecule has 3 heterocycles. The Balaban J connectivity index is 1.18. The average molecular weight is 746 g/mol. The zero-order valence-electron chi connectivity index (χ0n) is 31.0. The molecule has 268 valence electrons. The van der Waals surface area contributed by atoms with Crippen LogP contribution in [0.2, 0.25) is 0 Å². The Morgan fingerprint density at radius 3 is 1.53 bits per heavy atom. The molecule has 0 N–H and O–H groups in total. The van der Waals surface area contributed by atoms with Crippen molar-refractivity contribution in [2.75, 3.05) is 0 Å². The highest BCUT2D eigenvalue weighted by molar-refractivity contribution is 7.25. The average Bonchev–Trinajstić information content (AvgIpc) is 3.83. The van der Waals surface area contributed by atoms with E-state index in [9.17, 15) is 0 Å². The molecular weight excluding hydrogens is 711 g/mol. The lowest BCUT2D eigenvalue weighted by Gasteiger charge is -2.37. The van der Waals surface area contributed by atoms with Crippen LogP contribution in [0.5, 0.6) is 0 Å². The molecule has 0 amide bonds. The summed E-state index contributed by atoms with van der Waals surface area (Å²) in [5.41, 5.74) is 9.22. The standard InChI is InChI=1S/C53H35N3S/c1-4-18-38(19-5-1)53(39-20-6-2-7-21-39,40-22-8-3-9-23-40)41-24-16-17-37(33-41)52-54-46(36-31-32-50-45(34-36)44-27-12-15-30-49(44)57-50)35-51(55-52)56-47-28-13-10-25-42(47)43-26-11-14-29-48(43)56/h1-35H. The highest BCUT2D eigenvalue weighted by atomic mass is 32.1. The third kappa shape index (κ3) is 5.41. The molecule has 0 fully saturated rings. The third-order valence-electron chi connectivity index (χ3n) is 11.4. The maximum Gasteiger partial charge on any atom is 0.162 e. The molecular formula is C53H35N3S. The molecule has 8 aromatic carbocycles. The fourth-order valence-electron chi connectivity index (χ4n) is 8.84. The predicted octanol–water partition coefficient (Wildman–Crippen LogP) is 13.7. The van der Waals surface area contributed by atoms with Crippen LogP contribution in [-0.2, 0) is 5.41 Å². The van der Waals surface area contributed by atoms with Gasteiger partial charge in [0.25, 0.3) is 0 Å². The zero-order valence-corrected chi connectivity index (χ0v) is 31.8. The Bertz CT molecular complexity index is 3090. The smallest absolute Gasteiger partial charge is 0.162 e. The molecule has 11 aromatic rings. The van der Waals surface area contributed by atoms with Gasteiger partial charge < -0.3 is 0 Å². The summed E-state index contributed by atoms with van der Waals surface area (Å²) in [7, 11) is 0. The van der Waals surface area contributed by atoms with Crippen LogP contribution in [0.4, 0.5) is 0 Å². The Kier molecular flexibility index (Phi) is 7.90. The van der Waals surface area contributed by atoms with E-state index in [4.69, 9.17) is 9.97 Å². The van der Waals surface area contributed by atoms with Gasteiger partial charge in [0.2, 0.25) is 0 Å². The van der Waals surface area contributed by atoms with E-state index in [1.54, 1.807) is 0 Å². The van der Waals surface area contributed by atoms with E-state index < -0.39 is 5.41 Å². The summed E-state index contributed by atoms with van der Waals surface area (Å²) in [6, 6.07) is 76.2. The second-order valence-corrected chi connectivity index (χ2v) is 15.6. The van der Waals surface area contributed by atoms with Gasteiger partial charge in [-0.3, -0.25) is 4.57 Å². The molecule has 0 unspecified atom stereocenters. The number of fused-ring (bicyclic) bond motifs is 6. The van der Waals surface area contributed by atoms with Gasteiger partial charge in [-0.1, -0.05) is 170 Å². The molecule has 4 heteroatoms. The monoisotopic (exact) mass is 745 g/mol. The summed E-state index contributed by atoms with van der Waals surface area (Å²) in [6.07, 6.45) is 0. The van der Waals surface area contributed by atoms with E-state index in [1.807, 2.05) is 11.3 Å². The normalized spacial score (nSPS) is 11.9. The number of nitrogens with zero attached hydrogens (tertiary/aromatic N) is 3. The van der Waals surface area contributed by atoms with Crippen LogP contribution in [0.25, 0.3) is 70.4 Å². The SMILES string of the molecule is c1ccc(C(c2ccccc2)(c2ccccc2)c2cccc(-c3nc(-c4ccc5sc6ccccc6c5c4)cc(-n4c5ccccc5c5ccccc54)n3)c2)cc1. The van der Waals surface area contributed by atoms with E-state index in [2.05, 4.69) is 217 Å². The van der Waals surface area contributed by atoms with Crippen molar-refractivity contribution < 1.29 is 0 Å². The fraction of sp³-hybridized carbons (Fsp3) is 0.0189. The van der Waals surface area contributed by atoms with Gasteiger partial charge in [0.15, 0.2) is 5.82 Å². The van der Waals surface area contributed by atoms with Crippen LogP contribution >= 0.6 is 11.3 Å². The Labute approximate surface area is 334 Å². The third-order valence-corrected chi connectivity index (χ3v) is 12.5. The molecule has 57 heavy (non-hydrogen) atoms. The molecule has 0 spiro atoms. The molecule has 0 aliphatic heterocycles. The minimum absolute atomic E-state index is 0.599. The summed E-state index contributed by atoms with van der Waals surface area (Å²) in [5.74, 6) is 1.50. The number of rotatable bonds is 7. The first-order chi connectivity index (χ1) is 28.3. The van der Waals surface area contributed by atoms with Gasteiger partial charge in [0.05, 0.1) is 22.1 Å². The van der Waals surface area contributed by atoms with E-state index in [0.29, 0.717) is 5.82 Å². The van der Waals surface area contributed by atoms with Crippen molar-refractivity contribution >= 4 is 53.3 Å². The summed E-state index contributed by atoms with van der Waals surface area (Å²) in [6.45, 7) is 0. The maximum atomic E-state index is 5.47. The first-order valence-electron chi connectivity index (χ1n) is 19.3. The lowest BCUT2D eigenvalue weighted by atomic mass is 9.65. The highest BCUT2D eigenvalue weighted by Gasteiger charge is 2.38. The van der Waals surface area contributed by atoms with Crippen LogP contribution in [0.15, 0.2) is 212 Å². The van der Waals surface area contributed by atoms with Crippen LogP contribution in [0.1, 0.15) is 22.3 Å². The van der Waals surface area contributed by atoms with Gasteiger partial charge in [-0.15, -0.1) is 11.3 Å². The van der Waals surface area contributed by atoms with Crippen molar-refractivity contribution in [1.82, 2.24) is 14.5 Å². The number of hydrogen-bond donors (Lipinski definition) is 0. The summed E-state index contributed by atoms with van der Waals surface area (Å²) < 4.78 is 4.85. The van der Waals surface area contributed by atoms with Gasteiger partial charge in [-0.05, 0) is 58.7 Å². The van der Waals surface area contributed by atoms with Crippen molar-refractivity contribution in [3.8, 4) is 28.5 Å². The second kappa shape index (κ2) is 13.6. The molecule has 3 aromatic heterocycles. The number of aromatic nitrogens is 3.